The van der Waals surface area contributed by atoms with Crippen LogP contribution in [0, 0.1) is 0 Å². The summed E-state index contributed by atoms with van der Waals surface area (Å²) in [6.45, 7) is 1.76. The van der Waals surface area contributed by atoms with E-state index in [1.54, 1.807) is 28.8 Å². The van der Waals surface area contributed by atoms with E-state index in [-0.39, 0.29) is 12.2 Å². The van der Waals surface area contributed by atoms with E-state index in [9.17, 15) is 9.59 Å². The molecule has 1 amide bonds. The van der Waals surface area contributed by atoms with Gasteiger partial charge in [-0.15, -0.1) is 22.7 Å². The summed E-state index contributed by atoms with van der Waals surface area (Å²) in [5.74, 6) is -0.384. The molecule has 3 rings (SSSR count). The lowest BCUT2D eigenvalue weighted by molar-refractivity contribution is -0.129. The topological polar surface area (TPSA) is 81.4 Å². The average molecular weight is 362 g/mol. The van der Waals surface area contributed by atoms with Gasteiger partial charge in [0.2, 0.25) is 0 Å². The van der Waals surface area contributed by atoms with E-state index < -0.39 is 18.0 Å². The Hall–Kier alpha value is -2.45. The molecule has 6 nitrogen and oxygen atoms in total. The van der Waals surface area contributed by atoms with Gasteiger partial charge in [0.15, 0.2) is 11.8 Å². The van der Waals surface area contributed by atoms with Crippen LogP contribution in [-0.4, -0.2) is 23.0 Å². The Balaban J connectivity index is 1.54. The molecular weight excluding hydrogens is 348 g/mol. The van der Waals surface area contributed by atoms with Gasteiger partial charge in [-0.05, 0) is 30.5 Å². The van der Waals surface area contributed by atoms with Crippen LogP contribution in [0.15, 0.2) is 45.7 Å². The maximum Gasteiger partial charge on any atom is 0.358 e. The first kappa shape index (κ1) is 16.4. The number of hydrogen-bond acceptors (Lipinski definition) is 7. The van der Waals surface area contributed by atoms with Gasteiger partial charge in [-0.3, -0.25) is 4.79 Å². The van der Waals surface area contributed by atoms with Crippen molar-refractivity contribution in [1.29, 1.82) is 0 Å². The fourth-order valence-corrected chi connectivity index (χ4v) is 3.49. The van der Waals surface area contributed by atoms with Crippen molar-refractivity contribution in [3.05, 3.63) is 52.7 Å². The highest BCUT2D eigenvalue weighted by atomic mass is 32.1. The summed E-state index contributed by atoms with van der Waals surface area (Å²) in [6, 6.07) is 7.34. The molecule has 3 heterocycles. The molecule has 0 aromatic carbocycles. The number of carbonyl (C=O) groups excluding carboxylic acids is 2. The summed E-state index contributed by atoms with van der Waals surface area (Å²) in [7, 11) is 0. The van der Waals surface area contributed by atoms with Crippen molar-refractivity contribution in [1.82, 2.24) is 10.3 Å². The Morgan fingerprint density at radius 2 is 2.21 bits per heavy atom. The monoisotopic (exact) mass is 362 g/mol. The molecule has 0 aliphatic carbocycles. The molecule has 3 aromatic rings. The second kappa shape index (κ2) is 7.41. The summed E-state index contributed by atoms with van der Waals surface area (Å²) in [4.78, 5) is 29.3. The Morgan fingerprint density at radius 3 is 2.92 bits per heavy atom. The van der Waals surface area contributed by atoms with Crippen LogP contribution in [0.5, 0.6) is 0 Å². The minimum absolute atomic E-state index is 0.203. The van der Waals surface area contributed by atoms with Crippen molar-refractivity contribution in [2.45, 2.75) is 19.6 Å². The minimum atomic E-state index is -0.917. The van der Waals surface area contributed by atoms with Crippen LogP contribution >= 0.6 is 22.7 Å². The van der Waals surface area contributed by atoms with Crippen LogP contribution in [-0.2, 0) is 16.1 Å². The highest BCUT2D eigenvalue weighted by Gasteiger charge is 2.21. The van der Waals surface area contributed by atoms with E-state index in [4.69, 9.17) is 9.15 Å². The molecule has 0 aliphatic rings. The van der Waals surface area contributed by atoms with E-state index >= 15 is 0 Å². The maximum absolute atomic E-state index is 12.1. The quantitative estimate of drug-likeness (QED) is 0.680. The number of carbonyl (C=O) groups is 2. The van der Waals surface area contributed by atoms with Crippen molar-refractivity contribution in [2.24, 2.45) is 0 Å². The van der Waals surface area contributed by atoms with Gasteiger partial charge in [0.05, 0.1) is 17.7 Å². The third-order valence-corrected chi connectivity index (χ3v) is 5.00. The number of nitrogens with one attached hydrogen (secondary N) is 1. The molecule has 0 saturated heterocycles. The normalized spacial score (nSPS) is 11.9. The van der Waals surface area contributed by atoms with Crippen molar-refractivity contribution in [2.75, 3.05) is 0 Å². The zero-order chi connectivity index (χ0) is 16.9. The number of rotatable bonds is 6. The summed E-state index contributed by atoms with van der Waals surface area (Å²) in [5.41, 5.74) is 0.203. The van der Waals surface area contributed by atoms with Crippen LogP contribution in [0.4, 0.5) is 0 Å². The third-order valence-electron chi connectivity index (χ3n) is 3.12. The van der Waals surface area contributed by atoms with Crippen molar-refractivity contribution in [3.8, 4) is 9.88 Å². The van der Waals surface area contributed by atoms with Gasteiger partial charge in [-0.1, -0.05) is 6.07 Å². The molecular formula is C16H14N2O4S2. The number of furan rings is 1. The molecule has 0 aliphatic heterocycles. The van der Waals surface area contributed by atoms with Gasteiger partial charge in [0, 0.05) is 5.38 Å². The molecule has 8 heteroatoms. The molecule has 124 valence electrons. The largest absolute Gasteiger partial charge is 0.467 e. The Labute approximate surface area is 146 Å². The number of nitrogens with zero attached hydrogens (tertiary/aromatic N) is 1. The molecule has 0 bridgehead atoms. The molecule has 0 saturated carbocycles. The number of thiophene rings is 1. The summed E-state index contributed by atoms with van der Waals surface area (Å²) in [6.07, 6.45) is 0.609. The van der Waals surface area contributed by atoms with Crippen molar-refractivity contribution < 1.29 is 18.7 Å². The molecule has 0 unspecified atom stereocenters. The van der Waals surface area contributed by atoms with Crippen LogP contribution in [0.3, 0.4) is 0 Å². The first-order valence-corrected chi connectivity index (χ1v) is 8.90. The summed E-state index contributed by atoms with van der Waals surface area (Å²) >= 11 is 2.91. The maximum atomic E-state index is 12.1. The lowest BCUT2D eigenvalue weighted by Crippen LogP contribution is -2.35. The first-order valence-electron chi connectivity index (χ1n) is 7.14. The van der Waals surface area contributed by atoms with Crippen molar-refractivity contribution in [3.63, 3.8) is 0 Å². The first-order chi connectivity index (χ1) is 11.6. The van der Waals surface area contributed by atoms with Gasteiger partial charge in [0.1, 0.15) is 10.8 Å². The summed E-state index contributed by atoms with van der Waals surface area (Å²) in [5, 5.41) is 6.97. The minimum Gasteiger partial charge on any atom is -0.467 e. The van der Waals surface area contributed by atoms with Crippen LogP contribution in [0.2, 0.25) is 0 Å². The van der Waals surface area contributed by atoms with Crippen LogP contribution < -0.4 is 5.32 Å². The number of ether oxygens (including phenoxy) is 1. The molecule has 24 heavy (non-hydrogen) atoms. The fraction of sp³-hybridized carbons (Fsp3) is 0.188. The summed E-state index contributed by atoms with van der Waals surface area (Å²) < 4.78 is 10.3. The predicted octanol–water partition coefficient (Wildman–Crippen LogP) is 3.33. The Bertz CT molecular complexity index is 809. The molecule has 0 radical (unpaired) electrons. The number of amides is 1. The second-order valence-electron chi connectivity index (χ2n) is 4.86. The van der Waals surface area contributed by atoms with E-state index in [2.05, 4.69) is 10.3 Å². The molecule has 1 atom stereocenters. The highest BCUT2D eigenvalue weighted by molar-refractivity contribution is 7.20. The predicted molar refractivity (Wildman–Crippen MR) is 90.9 cm³/mol. The van der Waals surface area contributed by atoms with Gasteiger partial charge in [-0.25, -0.2) is 9.78 Å². The Morgan fingerprint density at radius 1 is 1.33 bits per heavy atom. The lowest BCUT2D eigenvalue weighted by atomic mass is 10.3. The van der Waals surface area contributed by atoms with E-state index in [0.717, 1.165) is 9.88 Å². The zero-order valence-electron chi connectivity index (χ0n) is 12.7. The van der Waals surface area contributed by atoms with E-state index in [0.29, 0.717) is 5.76 Å². The van der Waals surface area contributed by atoms with Gasteiger partial charge in [-0.2, -0.15) is 0 Å². The van der Waals surface area contributed by atoms with E-state index in [1.165, 1.54) is 24.5 Å². The second-order valence-corrected chi connectivity index (χ2v) is 6.67. The zero-order valence-corrected chi connectivity index (χ0v) is 14.4. The number of thiazole rings is 1. The van der Waals surface area contributed by atoms with Crippen LogP contribution in [0.25, 0.3) is 9.88 Å². The molecule has 1 N–H and O–H groups in total. The lowest BCUT2D eigenvalue weighted by Gasteiger charge is -2.12. The van der Waals surface area contributed by atoms with E-state index in [1.807, 2.05) is 17.5 Å². The molecule has 0 fully saturated rings. The standard InChI is InChI=1S/C16H14N2O4S2/c1-10(14(19)17-8-11-4-2-6-21-11)22-16(20)12-9-24-15(18-12)13-5-3-7-23-13/h2-7,9-10H,8H2,1H3,(H,17,19)/t10-/m1/s1. The average Bonchev–Trinajstić information content (AvgIpc) is 3.34. The van der Waals surface area contributed by atoms with Crippen LogP contribution in [0.1, 0.15) is 23.2 Å². The van der Waals surface area contributed by atoms with Gasteiger partial charge < -0.3 is 14.5 Å². The van der Waals surface area contributed by atoms with Gasteiger partial charge in [0.25, 0.3) is 5.91 Å². The molecule has 0 spiro atoms. The van der Waals surface area contributed by atoms with Crippen molar-refractivity contribution >= 4 is 34.6 Å². The SMILES string of the molecule is C[C@@H](OC(=O)c1csc(-c2cccs2)n1)C(=O)NCc1ccco1. The smallest absolute Gasteiger partial charge is 0.358 e. The third kappa shape index (κ3) is 3.90. The number of hydrogen-bond donors (Lipinski definition) is 1. The molecule has 3 aromatic heterocycles. The Kier molecular flexibility index (Phi) is 5.07. The number of esters is 1. The highest BCUT2D eigenvalue weighted by Crippen LogP contribution is 2.28. The van der Waals surface area contributed by atoms with Gasteiger partial charge >= 0.3 is 5.97 Å². The fourth-order valence-electron chi connectivity index (χ4n) is 1.89. The number of aromatic nitrogens is 1.